The summed E-state index contributed by atoms with van der Waals surface area (Å²) in [5.41, 5.74) is 6.98. The van der Waals surface area contributed by atoms with E-state index in [1.54, 1.807) is 6.07 Å². The van der Waals surface area contributed by atoms with E-state index in [9.17, 15) is 4.79 Å². The maximum absolute atomic E-state index is 11.1. The number of nitrogens with two attached hydrogens (primary N) is 1. The van der Waals surface area contributed by atoms with Crippen molar-refractivity contribution in [2.24, 2.45) is 10.9 Å². The quantitative estimate of drug-likeness (QED) is 0.194. The van der Waals surface area contributed by atoms with Gasteiger partial charge in [-0.3, -0.25) is 4.79 Å². The standard InChI is InChI=1S/C12H12N4O2S/c13-11(16-18)9-3-1-2-8(6-9)7-19-12-14-5-4-10(17)15-12/h1-6,18H,7H2,(H2,13,16)(H,14,15,17). The Bertz CT molecular complexity index is 654. The molecule has 0 bridgehead atoms. The third-order valence-electron chi connectivity index (χ3n) is 2.35. The molecule has 1 aromatic carbocycles. The van der Waals surface area contributed by atoms with Gasteiger partial charge in [0, 0.05) is 23.6 Å². The Kier molecular flexibility index (Phi) is 4.19. The number of nitrogens with one attached hydrogen (secondary N) is 1. The van der Waals surface area contributed by atoms with E-state index >= 15 is 0 Å². The molecule has 0 radical (unpaired) electrons. The topological polar surface area (TPSA) is 104 Å². The largest absolute Gasteiger partial charge is 0.409 e. The van der Waals surface area contributed by atoms with Crippen molar-refractivity contribution in [3.05, 3.63) is 58.0 Å². The van der Waals surface area contributed by atoms with Gasteiger partial charge in [-0.1, -0.05) is 35.1 Å². The second-order valence-corrected chi connectivity index (χ2v) is 4.68. The normalized spacial score (nSPS) is 11.5. The number of amidine groups is 1. The first-order valence-corrected chi connectivity index (χ1v) is 6.42. The van der Waals surface area contributed by atoms with Crippen LogP contribution in [-0.4, -0.2) is 21.0 Å². The third-order valence-corrected chi connectivity index (χ3v) is 3.31. The van der Waals surface area contributed by atoms with Gasteiger partial charge in [-0.2, -0.15) is 0 Å². The Morgan fingerprint density at radius 1 is 1.47 bits per heavy atom. The van der Waals surface area contributed by atoms with E-state index in [1.165, 1.54) is 24.0 Å². The van der Waals surface area contributed by atoms with E-state index in [0.717, 1.165) is 5.56 Å². The highest BCUT2D eigenvalue weighted by Gasteiger charge is 2.02. The van der Waals surface area contributed by atoms with Crippen molar-refractivity contribution >= 4 is 17.6 Å². The molecule has 1 heterocycles. The molecule has 0 atom stereocenters. The molecule has 0 aliphatic heterocycles. The average molecular weight is 276 g/mol. The van der Waals surface area contributed by atoms with Gasteiger partial charge in [-0.05, 0) is 11.6 Å². The first-order valence-electron chi connectivity index (χ1n) is 5.44. The van der Waals surface area contributed by atoms with Crippen LogP contribution in [0.5, 0.6) is 0 Å². The molecule has 0 aliphatic carbocycles. The molecule has 98 valence electrons. The monoisotopic (exact) mass is 276 g/mol. The minimum atomic E-state index is -0.178. The molecule has 7 heteroatoms. The molecule has 0 fully saturated rings. The van der Waals surface area contributed by atoms with Crippen molar-refractivity contribution in [3.8, 4) is 0 Å². The van der Waals surface area contributed by atoms with Crippen LogP contribution < -0.4 is 11.3 Å². The molecule has 0 unspecified atom stereocenters. The van der Waals surface area contributed by atoms with Gasteiger partial charge in [0.15, 0.2) is 11.0 Å². The van der Waals surface area contributed by atoms with Crippen molar-refractivity contribution in [2.75, 3.05) is 0 Å². The Labute approximate surface area is 113 Å². The van der Waals surface area contributed by atoms with E-state index in [2.05, 4.69) is 15.1 Å². The predicted octanol–water partition coefficient (Wildman–Crippen LogP) is 1.16. The van der Waals surface area contributed by atoms with Crippen LogP contribution in [0.25, 0.3) is 0 Å². The molecule has 19 heavy (non-hydrogen) atoms. The van der Waals surface area contributed by atoms with Crippen LogP contribution in [0.3, 0.4) is 0 Å². The molecule has 0 saturated carbocycles. The fourth-order valence-electron chi connectivity index (χ4n) is 1.46. The van der Waals surface area contributed by atoms with Gasteiger partial charge in [0.25, 0.3) is 5.56 Å². The zero-order valence-corrected chi connectivity index (χ0v) is 10.7. The zero-order valence-electron chi connectivity index (χ0n) is 9.91. The molecule has 0 spiro atoms. The van der Waals surface area contributed by atoms with Crippen LogP contribution in [-0.2, 0) is 5.75 Å². The Morgan fingerprint density at radius 3 is 3.05 bits per heavy atom. The molecule has 4 N–H and O–H groups in total. The first-order chi connectivity index (χ1) is 9.19. The van der Waals surface area contributed by atoms with Gasteiger partial charge in [0.1, 0.15) is 0 Å². The van der Waals surface area contributed by atoms with Crippen molar-refractivity contribution < 1.29 is 5.21 Å². The van der Waals surface area contributed by atoms with E-state index < -0.39 is 0 Å². The van der Waals surface area contributed by atoms with Gasteiger partial charge >= 0.3 is 0 Å². The molecule has 0 saturated heterocycles. The van der Waals surface area contributed by atoms with Crippen LogP contribution in [0.4, 0.5) is 0 Å². The van der Waals surface area contributed by atoms with Gasteiger partial charge < -0.3 is 15.9 Å². The number of oxime groups is 1. The molecular weight excluding hydrogens is 264 g/mol. The Hall–Kier alpha value is -2.28. The maximum Gasteiger partial charge on any atom is 0.251 e. The highest BCUT2D eigenvalue weighted by Crippen LogP contribution is 2.18. The smallest absolute Gasteiger partial charge is 0.251 e. The summed E-state index contributed by atoms with van der Waals surface area (Å²) >= 11 is 1.41. The number of aromatic nitrogens is 2. The summed E-state index contributed by atoms with van der Waals surface area (Å²) in [6.07, 6.45) is 1.47. The van der Waals surface area contributed by atoms with Crippen LogP contribution in [0, 0.1) is 0 Å². The number of hydrogen-bond acceptors (Lipinski definition) is 5. The second-order valence-electron chi connectivity index (χ2n) is 3.71. The van der Waals surface area contributed by atoms with Gasteiger partial charge in [-0.25, -0.2) is 4.98 Å². The number of H-pyrrole nitrogens is 1. The summed E-state index contributed by atoms with van der Waals surface area (Å²) in [6.45, 7) is 0. The molecule has 1 aromatic heterocycles. The van der Waals surface area contributed by atoms with Gasteiger partial charge in [0.2, 0.25) is 0 Å². The highest BCUT2D eigenvalue weighted by atomic mass is 32.2. The second kappa shape index (κ2) is 6.05. The summed E-state index contributed by atoms with van der Waals surface area (Å²) < 4.78 is 0. The van der Waals surface area contributed by atoms with Gasteiger partial charge in [-0.15, -0.1) is 0 Å². The number of benzene rings is 1. The summed E-state index contributed by atoms with van der Waals surface area (Å²) in [6, 6.07) is 8.69. The maximum atomic E-state index is 11.1. The molecule has 0 aliphatic rings. The number of nitrogens with zero attached hydrogens (tertiary/aromatic N) is 2. The number of thioether (sulfide) groups is 1. The lowest BCUT2D eigenvalue weighted by Gasteiger charge is -2.03. The van der Waals surface area contributed by atoms with Crippen molar-refractivity contribution in [1.82, 2.24) is 9.97 Å². The number of hydrogen-bond donors (Lipinski definition) is 3. The Balaban J connectivity index is 2.10. The molecule has 0 amide bonds. The number of aromatic amines is 1. The lowest BCUT2D eigenvalue weighted by molar-refractivity contribution is 0.318. The van der Waals surface area contributed by atoms with E-state index in [1.807, 2.05) is 18.2 Å². The highest BCUT2D eigenvalue weighted by molar-refractivity contribution is 7.98. The Morgan fingerprint density at radius 2 is 2.32 bits per heavy atom. The molecule has 2 rings (SSSR count). The van der Waals surface area contributed by atoms with E-state index in [-0.39, 0.29) is 11.4 Å². The fraction of sp³-hybridized carbons (Fsp3) is 0.0833. The minimum absolute atomic E-state index is 0.0677. The van der Waals surface area contributed by atoms with Crippen molar-refractivity contribution in [2.45, 2.75) is 10.9 Å². The summed E-state index contributed by atoms with van der Waals surface area (Å²) in [4.78, 5) is 17.8. The third kappa shape index (κ3) is 3.59. The lowest BCUT2D eigenvalue weighted by atomic mass is 10.1. The lowest BCUT2D eigenvalue weighted by Crippen LogP contribution is -2.13. The van der Waals surface area contributed by atoms with E-state index in [0.29, 0.717) is 16.5 Å². The number of rotatable bonds is 4. The first kappa shape index (κ1) is 13.2. The molecule has 2 aromatic rings. The molecular formula is C12H12N4O2S. The fourth-order valence-corrected chi connectivity index (χ4v) is 2.25. The van der Waals surface area contributed by atoms with Crippen LogP contribution >= 0.6 is 11.8 Å². The van der Waals surface area contributed by atoms with Crippen LogP contribution in [0.2, 0.25) is 0 Å². The van der Waals surface area contributed by atoms with Crippen LogP contribution in [0.15, 0.2) is 51.6 Å². The average Bonchev–Trinajstić information content (AvgIpc) is 2.45. The SMILES string of the molecule is N/C(=N\O)c1cccc(CSc2nccc(=O)[nH]2)c1. The van der Waals surface area contributed by atoms with Crippen molar-refractivity contribution in [1.29, 1.82) is 0 Å². The summed E-state index contributed by atoms with van der Waals surface area (Å²) in [7, 11) is 0. The summed E-state index contributed by atoms with van der Waals surface area (Å²) in [5, 5.41) is 12.1. The zero-order chi connectivity index (χ0) is 13.7. The predicted molar refractivity (Wildman–Crippen MR) is 73.4 cm³/mol. The van der Waals surface area contributed by atoms with Gasteiger partial charge in [0.05, 0.1) is 0 Å². The van der Waals surface area contributed by atoms with E-state index in [4.69, 9.17) is 10.9 Å². The molecule has 6 nitrogen and oxygen atoms in total. The minimum Gasteiger partial charge on any atom is -0.409 e. The van der Waals surface area contributed by atoms with Crippen LogP contribution in [0.1, 0.15) is 11.1 Å². The van der Waals surface area contributed by atoms with Crippen molar-refractivity contribution in [3.63, 3.8) is 0 Å². The summed E-state index contributed by atoms with van der Waals surface area (Å²) in [5.74, 6) is 0.692.